The molecule has 2 heterocycles. The molecule has 1 aromatic heterocycles. The van der Waals surface area contributed by atoms with Crippen LogP contribution in [0.4, 0.5) is 5.69 Å². The zero-order valence-corrected chi connectivity index (χ0v) is 16.7. The number of hydrogen-bond acceptors (Lipinski definition) is 6. The number of nitrogens with zero attached hydrogens (tertiary/aromatic N) is 3. The molecule has 3 N–H and O–H groups in total. The van der Waals surface area contributed by atoms with Crippen LogP contribution in [0, 0.1) is 6.92 Å². The van der Waals surface area contributed by atoms with Crippen LogP contribution in [0.3, 0.4) is 0 Å². The summed E-state index contributed by atoms with van der Waals surface area (Å²) in [6.45, 7) is 4.51. The minimum absolute atomic E-state index is 0. The van der Waals surface area contributed by atoms with Crippen LogP contribution in [0.15, 0.2) is 40.1 Å². The quantitative estimate of drug-likeness (QED) is 0.764. The van der Waals surface area contributed by atoms with E-state index >= 15 is 0 Å². The molecule has 3 rings (SSSR count). The average Bonchev–Trinajstić information content (AvgIpc) is 2.54. The number of anilines is 1. The first-order valence-corrected chi connectivity index (χ1v) is 8.48. The lowest BCUT2D eigenvalue weighted by Crippen LogP contribution is -2.37. The van der Waals surface area contributed by atoms with Crippen LogP contribution in [0.1, 0.15) is 28.7 Å². The molecule has 0 aliphatic carbocycles. The molecule has 1 atom stereocenters. The number of carbonyl (C=O) groups is 1. The van der Waals surface area contributed by atoms with Gasteiger partial charge in [0.2, 0.25) is 0 Å². The number of nitrogens with one attached hydrogen (secondary N) is 1. The second-order valence-corrected chi connectivity index (χ2v) is 7.01. The number of aromatic nitrogens is 2. The highest BCUT2D eigenvalue weighted by Crippen LogP contribution is 2.32. The number of nitrogens with two attached hydrogens (primary N) is 1. The van der Waals surface area contributed by atoms with Gasteiger partial charge < -0.3 is 15.8 Å². The number of aliphatic imine (C=N–C) groups is 1. The SMILES string of the molecule is Cc1cnc(C(=O)Nc2cc(Br)cc([C@]3(C)COCC(N)=N3)c2)cn1.Cl. The Kier molecular flexibility index (Phi) is 6.33. The largest absolute Gasteiger partial charge is 0.386 e. The summed E-state index contributed by atoms with van der Waals surface area (Å²) in [5.74, 6) is 0.124. The minimum atomic E-state index is -0.602. The Morgan fingerprint density at radius 2 is 2.08 bits per heavy atom. The predicted octanol–water partition coefficient (Wildman–Crippen LogP) is 2.82. The van der Waals surface area contributed by atoms with Crippen molar-refractivity contribution in [3.63, 3.8) is 0 Å². The summed E-state index contributed by atoms with van der Waals surface area (Å²) in [4.78, 5) is 25.1. The molecule has 0 bridgehead atoms. The molecule has 26 heavy (non-hydrogen) atoms. The Labute approximate surface area is 166 Å². The highest BCUT2D eigenvalue weighted by Gasteiger charge is 2.30. The Morgan fingerprint density at radius 1 is 1.31 bits per heavy atom. The molecule has 1 amide bonds. The van der Waals surface area contributed by atoms with Gasteiger partial charge in [-0.2, -0.15) is 0 Å². The van der Waals surface area contributed by atoms with Crippen molar-refractivity contribution in [2.75, 3.05) is 18.5 Å². The normalized spacial score (nSPS) is 19.3. The van der Waals surface area contributed by atoms with Crippen molar-refractivity contribution >= 4 is 45.8 Å². The number of hydrogen-bond donors (Lipinski definition) is 2. The molecule has 0 spiro atoms. The van der Waals surface area contributed by atoms with Gasteiger partial charge in [0.05, 0.1) is 18.5 Å². The summed E-state index contributed by atoms with van der Waals surface area (Å²) in [6.07, 6.45) is 3.00. The number of rotatable bonds is 3. The Hall–Kier alpha value is -2.03. The molecule has 1 aromatic carbocycles. The molecule has 0 radical (unpaired) electrons. The summed E-state index contributed by atoms with van der Waals surface area (Å²) >= 11 is 3.47. The van der Waals surface area contributed by atoms with Crippen molar-refractivity contribution in [1.82, 2.24) is 9.97 Å². The maximum atomic E-state index is 12.4. The molecule has 138 valence electrons. The lowest BCUT2D eigenvalue weighted by molar-refractivity contribution is 0.102. The number of amidine groups is 1. The van der Waals surface area contributed by atoms with Crippen LogP contribution in [0.2, 0.25) is 0 Å². The zero-order valence-electron chi connectivity index (χ0n) is 14.3. The Balaban J connectivity index is 0.00000243. The van der Waals surface area contributed by atoms with E-state index in [1.807, 2.05) is 32.0 Å². The molecule has 0 saturated heterocycles. The van der Waals surface area contributed by atoms with Crippen LogP contribution in [-0.4, -0.2) is 34.9 Å². The fourth-order valence-electron chi connectivity index (χ4n) is 2.56. The molecule has 0 unspecified atom stereocenters. The van der Waals surface area contributed by atoms with Crippen molar-refractivity contribution in [2.24, 2.45) is 10.7 Å². The number of halogens is 2. The lowest BCUT2D eigenvalue weighted by Gasteiger charge is -2.30. The van der Waals surface area contributed by atoms with Crippen LogP contribution in [0.25, 0.3) is 0 Å². The van der Waals surface area contributed by atoms with Gasteiger partial charge >= 0.3 is 0 Å². The number of ether oxygens (including phenoxy) is 1. The van der Waals surface area contributed by atoms with E-state index in [0.717, 1.165) is 15.7 Å². The molecule has 0 saturated carbocycles. The number of amides is 1. The molecule has 0 fully saturated rings. The average molecular weight is 441 g/mol. The van der Waals surface area contributed by atoms with Crippen LogP contribution >= 0.6 is 28.3 Å². The lowest BCUT2D eigenvalue weighted by atomic mass is 9.92. The van der Waals surface area contributed by atoms with Crippen molar-refractivity contribution in [1.29, 1.82) is 0 Å². The summed E-state index contributed by atoms with van der Waals surface area (Å²) in [5.41, 5.74) is 7.73. The molecule has 2 aromatic rings. The molecular formula is C17H19BrClN5O2. The topological polar surface area (TPSA) is 102 Å². The predicted molar refractivity (Wildman–Crippen MR) is 106 cm³/mol. The summed E-state index contributed by atoms with van der Waals surface area (Å²) in [7, 11) is 0. The monoisotopic (exact) mass is 439 g/mol. The first-order valence-electron chi connectivity index (χ1n) is 7.69. The van der Waals surface area contributed by atoms with E-state index in [4.69, 9.17) is 10.5 Å². The van der Waals surface area contributed by atoms with Crippen molar-refractivity contribution in [3.05, 3.63) is 52.0 Å². The highest BCUT2D eigenvalue weighted by atomic mass is 79.9. The Bertz CT molecular complexity index is 844. The second kappa shape index (κ2) is 8.11. The van der Waals surface area contributed by atoms with E-state index in [-0.39, 0.29) is 24.0 Å². The van der Waals surface area contributed by atoms with Crippen LogP contribution in [-0.2, 0) is 10.3 Å². The highest BCUT2D eigenvalue weighted by molar-refractivity contribution is 9.10. The fraction of sp³-hybridized carbons (Fsp3) is 0.294. The second-order valence-electron chi connectivity index (χ2n) is 6.10. The van der Waals surface area contributed by atoms with Crippen LogP contribution < -0.4 is 11.1 Å². The third-order valence-corrected chi connectivity index (χ3v) is 4.27. The molecule has 1 aliphatic rings. The van der Waals surface area contributed by atoms with Gasteiger partial charge in [0.25, 0.3) is 5.91 Å². The van der Waals surface area contributed by atoms with E-state index < -0.39 is 5.54 Å². The number of aryl methyl sites for hydroxylation is 1. The third-order valence-electron chi connectivity index (χ3n) is 3.81. The first kappa shape index (κ1) is 20.3. The fourth-order valence-corrected chi connectivity index (χ4v) is 3.05. The van der Waals surface area contributed by atoms with E-state index in [0.29, 0.717) is 24.7 Å². The van der Waals surface area contributed by atoms with E-state index in [1.165, 1.54) is 6.20 Å². The van der Waals surface area contributed by atoms with E-state index in [1.54, 1.807) is 6.20 Å². The minimum Gasteiger partial charge on any atom is -0.386 e. The van der Waals surface area contributed by atoms with Gasteiger partial charge in [-0.15, -0.1) is 12.4 Å². The Morgan fingerprint density at radius 3 is 2.73 bits per heavy atom. The zero-order chi connectivity index (χ0) is 18.0. The molecule has 7 nitrogen and oxygen atoms in total. The maximum Gasteiger partial charge on any atom is 0.275 e. The standard InChI is InChI=1S/C17H18BrN5O2.ClH/c1-10-6-21-14(7-20-10)16(24)22-13-4-11(3-12(18)5-13)17(2)9-25-8-15(19)23-17;/h3-7H,8-9H2,1-2H3,(H2,19,23)(H,22,24);1H/t17-;/m0./s1. The summed E-state index contributed by atoms with van der Waals surface area (Å²) < 4.78 is 6.33. The first-order chi connectivity index (χ1) is 11.9. The van der Waals surface area contributed by atoms with Gasteiger partial charge in [0, 0.05) is 16.4 Å². The summed E-state index contributed by atoms with van der Waals surface area (Å²) in [5, 5.41) is 2.83. The van der Waals surface area contributed by atoms with Crippen molar-refractivity contribution in [3.8, 4) is 0 Å². The maximum absolute atomic E-state index is 12.4. The third kappa shape index (κ3) is 4.57. The number of benzene rings is 1. The molecule has 9 heteroatoms. The van der Waals surface area contributed by atoms with E-state index in [9.17, 15) is 4.79 Å². The number of carbonyl (C=O) groups excluding carboxylic acids is 1. The van der Waals surface area contributed by atoms with Gasteiger partial charge in [0.1, 0.15) is 23.7 Å². The van der Waals surface area contributed by atoms with Gasteiger partial charge in [-0.05, 0) is 37.6 Å². The van der Waals surface area contributed by atoms with Gasteiger partial charge in [-0.3, -0.25) is 14.8 Å². The molecule has 1 aliphatic heterocycles. The van der Waals surface area contributed by atoms with Gasteiger partial charge in [0.15, 0.2) is 0 Å². The smallest absolute Gasteiger partial charge is 0.275 e. The van der Waals surface area contributed by atoms with Crippen LogP contribution in [0.5, 0.6) is 0 Å². The van der Waals surface area contributed by atoms with Gasteiger partial charge in [-0.25, -0.2) is 4.98 Å². The van der Waals surface area contributed by atoms with Gasteiger partial charge in [-0.1, -0.05) is 15.9 Å². The van der Waals surface area contributed by atoms with Crippen molar-refractivity contribution in [2.45, 2.75) is 19.4 Å². The van der Waals surface area contributed by atoms with E-state index in [2.05, 4.69) is 36.2 Å². The summed E-state index contributed by atoms with van der Waals surface area (Å²) in [6, 6.07) is 5.60. The molecular weight excluding hydrogens is 422 g/mol. The van der Waals surface area contributed by atoms with Crippen molar-refractivity contribution < 1.29 is 9.53 Å².